The molecule has 1 aromatic heterocycles. The Labute approximate surface area is 118 Å². The highest BCUT2D eigenvalue weighted by Crippen LogP contribution is 2.20. The number of aryl methyl sites for hydroxylation is 1. The molecule has 1 fully saturated rings. The van der Waals surface area contributed by atoms with E-state index in [4.69, 9.17) is 0 Å². The van der Waals surface area contributed by atoms with Crippen molar-refractivity contribution in [2.24, 2.45) is 7.05 Å². The molecule has 1 aliphatic rings. The Morgan fingerprint density at radius 1 is 1.30 bits per heavy atom. The Bertz CT molecular complexity index is 626. The summed E-state index contributed by atoms with van der Waals surface area (Å²) in [6, 6.07) is 8.41. The van der Waals surface area contributed by atoms with Gasteiger partial charge in [-0.1, -0.05) is 18.2 Å². The number of carbonyl (C=O) groups excluding carboxylic acids is 1. The number of hydrogen-bond acceptors (Lipinski definition) is 3. The number of nitrogens with one attached hydrogen (secondary N) is 1. The Hall–Kier alpha value is -1.88. The van der Waals surface area contributed by atoms with Gasteiger partial charge in [0.25, 0.3) is 5.91 Å². The summed E-state index contributed by atoms with van der Waals surface area (Å²) in [4.78, 5) is 14.6. The molecular weight excluding hydrogens is 252 g/mol. The minimum absolute atomic E-state index is 0.0522. The van der Waals surface area contributed by atoms with Crippen LogP contribution in [-0.4, -0.2) is 46.8 Å². The van der Waals surface area contributed by atoms with Gasteiger partial charge < -0.3 is 10.2 Å². The minimum atomic E-state index is 0.0522. The molecule has 2 aromatic rings. The second kappa shape index (κ2) is 5.25. The van der Waals surface area contributed by atoms with Crippen molar-refractivity contribution in [3.63, 3.8) is 0 Å². The van der Waals surface area contributed by atoms with Crippen molar-refractivity contribution in [3.8, 4) is 0 Å². The molecule has 1 amide bonds. The second-order valence-electron chi connectivity index (χ2n) is 5.34. The van der Waals surface area contributed by atoms with Crippen LogP contribution in [0.25, 0.3) is 10.9 Å². The molecule has 1 aliphatic heterocycles. The van der Waals surface area contributed by atoms with E-state index in [9.17, 15) is 4.79 Å². The van der Waals surface area contributed by atoms with Gasteiger partial charge in [-0.15, -0.1) is 0 Å². The quantitative estimate of drug-likeness (QED) is 0.899. The van der Waals surface area contributed by atoms with E-state index in [0.717, 1.165) is 36.8 Å². The Balaban J connectivity index is 1.86. The second-order valence-corrected chi connectivity index (χ2v) is 5.34. The van der Waals surface area contributed by atoms with E-state index in [0.29, 0.717) is 11.7 Å². The predicted octanol–water partition coefficient (Wildman–Crippen LogP) is 1.40. The summed E-state index contributed by atoms with van der Waals surface area (Å²) < 4.78 is 1.78. The lowest BCUT2D eigenvalue weighted by Gasteiger charge is -2.31. The molecular formula is C15H20N4O. The smallest absolute Gasteiger partial charge is 0.275 e. The normalized spacial score (nSPS) is 16.8. The summed E-state index contributed by atoms with van der Waals surface area (Å²) in [6.07, 6.45) is 2.01. The summed E-state index contributed by atoms with van der Waals surface area (Å²) in [5.74, 6) is 0.0522. The van der Waals surface area contributed by atoms with Crippen LogP contribution >= 0.6 is 0 Å². The maximum absolute atomic E-state index is 12.7. The van der Waals surface area contributed by atoms with Crippen LogP contribution in [0.15, 0.2) is 24.3 Å². The molecule has 0 bridgehead atoms. The van der Waals surface area contributed by atoms with E-state index in [1.54, 1.807) is 4.68 Å². The van der Waals surface area contributed by atoms with Gasteiger partial charge in [-0.05, 0) is 26.0 Å². The van der Waals surface area contributed by atoms with E-state index < -0.39 is 0 Å². The van der Waals surface area contributed by atoms with Crippen LogP contribution in [-0.2, 0) is 7.05 Å². The first-order chi connectivity index (χ1) is 9.70. The molecule has 106 valence electrons. The van der Waals surface area contributed by atoms with Crippen LogP contribution in [0.2, 0.25) is 0 Å². The molecule has 0 atom stereocenters. The molecule has 2 heterocycles. The van der Waals surface area contributed by atoms with Gasteiger partial charge in [0.1, 0.15) is 0 Å². The summed E-state index contributed by atoms with van der Waals surface area (Å²) in [7, 11) is 3.86. The van der Waals surface area contributed by atoms with Crippen LogP contribution in [0.5, 0.6) is 0 Å². The largest absolute Gasteiger partial charge is 0.337 e. The number of hydrogen-bond donors (Lipinski definition) is 1. The van der Waals surface area contributed by atoms with Crippen LogP contribution < -0.4 is 5.32 Å². The minimum Gasteiger partial charge on any atom is -0.337 e. The average Bonchev–Trinajstić information content (AvgIpc) is 2.84. The standard InChI is InChI=1S/C15H20N4O/c1-16-11-7-9-19(10-8-11)15(20)14-12-5-3-4-6-13(12)18(2)17-14/h3-6,11,16H,7-10H2,1-2H3. The Morgan fingerprint density at radius 2 is 2.00 bits per heavy atom. The maximum atomic E-state index is 12.7. The third kappa shape index (κ3) is 2.18. The summed E-state index contributed by atoms with van der Waals surface area (Å²) >= 11 is 0. The van der Waals surface area contributed by atoms with Gasteiger partial charge in [0.05, 0.1) is 5.52 Å². The first-order valence-corrected chi connectivity index (χ1v) is 7.09. The SMILES string of the molecule is CNC1CCN(C(=O)c2nn(C)c3ccccc23)CC1. The number of fused-ring (bicyclic) bond motifs is 1. The number of para-hydroxylation sites is 1. The fourth-order valence-electron chi connectivity index (χ4n) is 2.89. The lowest BCUT2D eigenvalue weighted by molar-refractivity contribution is 0.0702. The van der Waals surface area contributed by atoms with Gasteiger partial charge in [0.2, 0.25) is 0 Å². The highest BCUT2D eigenvalue weighted by molar-refractivity contribution is 6.04. The van der Waals surface area contributed by atoms with Gasteiger partial charge in [0.15, 0.2) is 5.69 Å². The van der Waals surface area contributed by atoms with Crippen LogP contribution in [0, 0.1) is 0 Å². The van der Waals surface area contributed by atoms with Crippen LogP contribution in [0.3, 0.4) is 0 Å². The number of nitrogens with zero attached hydrogens (tertiary/aromatic N) is 3. The van der Waals surface area contributed by atoms with E-state index >= 15 is 0 Å². The summed E-state index contributed by atoms with van der Waals surface area (Å²) in [6.45, 7) is 1.60. The highest BCUT2D eigenvalue weighted by atomic mass is 16.2. The maximum Gasteiger partial charge on any atom is 0.275 e. The molecule has 5 heteroatoms. The monoisotopic (exact) mass is 272 g/mol. The van der Waals surface area contributed by atoms with Gasteiger partial charge in [0, 0.05) is 31.6 Å². The van der Waals surface area contributed by atoms with Crippen molar-refractivity contribution in [1.82, 2.24) is 20.0 Å². The number of rotatable bonds is 2. The zero-order chi connectivity index (χ0) is 14.1. The lowest BCUT2D eigenvalue weighted by atomic mass is 10.0. The summed E-state index contributed by atoms with van der Waals surface area (Å²) in [5.41, 5.74) is 1.58. The van der Waals surface area contributed by atoms with E-state index in [-0.39, 0.29) is 5.91 Å². The average molecular weight is 272 g/mol. The highest BCUT2D eigenvalue weighted by Gasteiger charge is 2.25. The Kier molecular flexibility index (Phi) is 3.44. The van der Waals surface area contributed by atoms with E-state index in [1.165, 1.54) is 0 Å². The first-order valence-electron chi connectivity index (χ1n) is 7.09. The molecule has 1 N–H and O–H groups in total. The molecule has 0 saturated carbocycles. The number of carbonyl (C=O) groups is 1. The van der Waals surface area contributed by atoms with E-state index in [1.807, 2.05) is 43.3 Å². The fraction of sp³-hybridized carbons (Fsp3) is 0.467. The van der Waals surface area contributed by atoms with Gasteiger partial charge in [-0.25, -0.2) is 0 Å². The Morgan fingerprint density at radius 3 is 2.70 bits per heavy atom. The van der Waals surface area contributed by atoms with Crippen LogP contribution in [0.4, 0.5) is 0 Å². The fourth-order valence-corrected chi connectivity index (χ4v) is 2.89. The van der Waals surface area contributed by atoms with E-state index in [2.05, 4.69) is 10.4 Å². The molecule has 5 nitrogen and oxygen atoms in total. The molecule has 0 radical (unpaired) electrons. The van der Waals surface area contributed by atoms with Crippen molar-refractivity contribution < 1.29 is 4.79 Å². The van der Waals surface area contributed by atoms with Crippen molar-refractivity contribution >= 4 is 16.8 Å². The third-order valence-corrected chi connectivity index (χ3v) is 4.15. The van der Waals surface area contributed by atoms with Gasteiger partial charge in [-0.3, -0.25) is 9.48 Å². The van der Waals surface area contributed by atoms with Gasteiger partial charge >= 0.3 is 0 Å². The van der Waals surface area contributed by atoms with Crippen molar-refractivity contribution in [2.45, 2.75) is 18.9 Å². The van der Waals surface area contributed by atoms with Crippen molar-refractivity contribution in [3.05, 3.63) is 30.0 Å². The number of aromatic nitrogens is 2. The predicted molar refractivity (Wildman–Crippen MR) is 78.7 cm³/mol. The molecule has 20 heavy (non-hydrogen) atoms. The molecule has 0 aliphatic carbocycles. The molecule has 1 saturated heterocycles. The number of piperidine rings is 1. The molecule has 1 aromatic carbocycles. The topological polar surface area (TPSA) is 50.2 Å². The van der Waals surface area contributed by atoms with Gasteiger partial charge in [-0.2, -0.15) is 5.10 Å². The number of likely N-dealkylation sites (tertiary alicyclic amines) is 1. The molecule has 0 spiro atoms. The number of amides is 1. The zero-order valence-electron chi connectivity index (χ0n) is 12.0. The van der Waals surface area contributed by atoms with Crippen LogP contribution in [0.1, 0.15) is 23.3 Å². The third-order valence-electron chi connectivity index (χ3n) is 4.15. The number of benzene rings is 1. The van der Waals surface area contributed by atoms with Crippen molar-refractivity contribution in [2.75, 3.05) is 20.1 Å². The first kappa shape index (κ1) is 13.1. The zero-order valence-corrected chi connectivity index (χ0v) is 12.0. The summed E-state index contributed by atoms with van der Waals surface area (Å²) in [5, 5.41) is 8.63. The molecule has 3 rings (SSSR count). The lowest BCUT2D eigenvalue weighted by Crippen LogP contribution is -2.44. The molecule has 0 unspecified atom stereocenters. The van der Waals surface area contributed by atoms with Crippen molar-refractivity contribution in [1.29, 1.82) is 0 Å².